The fraction of sp³-hybridized carbons (Fsp3) is 0.385. The minimum absolute atomic E-state index is 0.0163. The lowest BCUT2D eigenvalue weighted by Crippen LogP contribution is -2.34. The van der Waals surface area contributed by atoms with E-state index in [-0.39, 0.29) is 11.9 Å². The number of aromatic nitrogens is 1. The second-order valence-electron chi connectivity index (χ2n) is 3.55. The monoisotopic (exact) mass is 232 g/mol. The van der Waals surface area contributed by atoms with Gasteiger partial charge in [-0.3, -0.25) is 4.79 Å². The second kappa shape index (κ2) is 6.54. The minimum atomic E-state index is -0.211. The van der Waals surface area contributed by atoms with Crippen LogP contribution in [0.3, 0.4) is 0 Å². The predicted molar refractivity (Wildman–Crippen MR) is 65.8 cm³/mol. The molecule has 0 fully saturated rings. The number of carbonyl (C=O) groups excluding carboxylic acids is 1. The van der Waals surface area contributed by atoms with Crippen molar-refractivity contribution in [3.63, 3.8) is 0 Å². The molecule has 0 saturated heterocycles. The number of hydrogen-bond donors (Lipinski definition) is 1. The Hall–Kier alpha value is -2.02. The lowest BCUT2D eigenvalue weighted by atomic mass is 10.1. The van der Waals surface area contributed by atoms with Gasteiger partial charge in [-0.05, 0) is 18.6 Å². The fourth-order valence-corrected chi connectivity index (χ4v) is 1.43. The second-order valence-corrected chi connectivity index (χ2v) is 3.55. The lowest BCUT2D eigenvalue weighted by Gasteiger charge is -2.15. The molecule has 17 heavy (non-hydrogen) atoms. The van der Waals surface area contributed by atoms with Gasteiger partial charge in [0.2, 0.25) is 5.88 Å². The molecule has 90 valence electrons. The number of methoxy groups -OCH3 is 1. The molecule has 4 heteroatoms. The number of rotatable bonds is 5. The van der Waals surface area contributed by atoms with Crippen molar-refractivity contribution in [2.24, 2.45) is 0 Å². The molecule has 0 aliphatic carbocycles. The maximum absolute atomic E-state index is 12.0. The van der Waals surface area contributed by atoms with Crippen molar-refractivity contribution in [1.29, 1.82) is 0 Å². The summed E-state index contributed by atoms with van der Waals surface area (Å²) in [7, 11) is 1.48. The first-order valence-corrected chi connectivity index (χ1v) is 5.46. The van der Waals surface area contributed by atoms with E-state index in [9.17, 15) is 4.79 Å². The van der Waals surface area contributed by atoms with Crippen LogP contribution in [0, 0.1) is 12.3 Å². The summed E-state index contributed by atoms with van der Waals surface area (Å²) in [4.78, 5) is 15.9. The summed E-state index contributed by atoms with van der Waals surface area (Å²) in [6.07, 6.45) is 8.12. The Morgan fingerprint density at radius 2 is 2.47 bits per heavy atom. The van der Waals surface area contributed by atoms with Gasteiger partial charge in [0.25, 0.3) is 5.91 Å². The summed E-state index contributed by atoms with van der Waals surface area (Å²) in [5.41, 5.74) is 0.422. The number of nitrogens with zero attached hydrogens (tertiary/aromatic N) is 1. The zero-order valence-corrected chi connectivity index (χ0v) is 10.1. The van der Waals surface area contributed by atoms with Crippen molar-refractivity contribution in [3.8, 4) is 18.2 Å². The molecule has 0 aliphatic heterocycles. The normalized spacial score (nSPS) is 11.4. The van der Waals surface area contributed by atoms with Gasteiger partial charge in [-0.25, -0.2) is 4.98 Å². The SMILES string of the molecule is C#CCC(CC)NC(=O)c1cccnc1OC. The Kier molecular flexibility index (Phi) is 5.02. The third-order valence-corrected chi connectivity index (χ3v) is 2.40. The Balaban J connectivity index is 2.79. The highest BCUT2D eigenvalue weighted by Crippen LogP contribution is 2.13. The summed E-state index contributed by atoms with van der Waals surface area (Å²) in [5, 5.41) is 2.86. The molecule has 1 aromatic heterocycles. The van der Waals surface area contributed by atoms with Crippen LogP contribution in [0.4, 0.5) is 0 Å². The van der Waals surface area contributed by atoms with E-state index in [2.05, 4.69) is 16.2 Å². The summed E-state index contributed by atoms with van der Waals surface area (Å²) >= 11 is 0. The van der Waals surface area contributed by atoms with E-state index < -0.39 is 0 Å². The highest BCUT2D eigenvalue weighted by molar-refractivity contribution is 5.96. The van der Waals surface area contributed by atoms with E-state index in [1.54, 1.807) is 18.3 Å². The number of pyridine rings is 1. The van der Waals surface area contributed by atoms with Gasteiger partial charge in [0, 0.05) is 18.7 Å². The van der Waals surface area contributed by atoms with Gasteiger partial charge >= 0.3 is 0 Å². The predicted octanol–water partition coefficient (Wildman–Crippen LogP) is 1.62. The Morgan fingerprint density at radius 1 is 1.71 bits per heavy atom. The van der Waals surface area contributed by atoms with Crippen molar-refractivity contribution < 1.29 is 9.53 Å². The molecule has 0 bridgehead atoms. The van der Waals surface area contributed by atoms with Crippen molar-refractivity contribution in [2.45, 2.75) is 25.8 Å². The van der Waals surface area contributed by atoms with Gasteiger partial charge in [0.05, 0.1) is 7.11 Å². The zero-order valence-electron chi connectivity index (χ0n) is 10.1. The number of amides is 1. The van der Waals surface area contributed by atoms with Gasteiger partial charge in [0.15, 0.2) is 0 Å². The zero-order chi connectivity index (χ0) is 12.7. The Morgan fingerprint density at radius 3 is 3.06 bits per heavy atom. The van der Waals surface area contributed by atoms with Crippen LogP contribution in [0.2, 0.25) is 0 Å². The molecule has 1 rings (SSSR count). The first kappa shape index (κ1) is 13.0. The molecule has 1 amide bonds. The van der Waals surface area contributed by atoms with E-state index >= 15 is 0 Å². The summed E-state index contributed by atoms with van der Waals surface area (Å²) < 4.78 is 5.03. The third-order valence-electron chi connectivity index (χ3n) is 2.40. The van der Waals surface area contributed by atoms with E-state index in [0.717, 1.165) is 6.42 Å². The first-order chi connectivity index (χ1) is 8.22. The molecule has 4 nitrogen and oxygen atoms in total. The minimum Gasteiger partial charge on any atom is -0.480 e. The van der Waals surface area contributed by atoms with Crippen LogP contribution in [0.15, 0.2) is 18.3 Å². The van der Waals surface area contributed by atoms with Crippen molar-refractivity contribution in [2.75, 3.05) is 7.11 Å². The maximum Gasteiger partial charge on any atom is 0.257 e. The Labute approximate surface area is 101 Å². The van der Waals surface area contributed by atoms with Gasteiger partial charge in [-0.1, -0.05) is 6.92 Å². The van der Waals surface area contributed by atoms with E-state index in [4.69, 9.17) is 11.2 Å². The van der Waals surface area contributed by atoms with Crippen LogP contribution >= 0.6 is 0 Å². The molecule has 1 heterocycles. The van der Waals surface area contributed by atoms with Crippen molar-refractivity contribution in [3.05, 3.63) is 23.9 Å². The molecule has 1 atom stereocenters. The molecule has 0 saturated carbocycles. The number of terminal acetylenes is 1. The molecule has 0 aromatic carbocycles. The molecule has 0 spiro atoms. The summed E-state index contributed by atoms with van der Waals surface area (Å²) in [6.45, 7) is 1.97. The van der Waals surface area contributed by atoms with Crippen LogP contribution < -0.4 is 10.1 Å². The molecule has 0 aliphatic rings. The molecular formula is C13H16N2O2. The van der Waals surface area contributed by atoms with Crippen LogP contribution in [-0.4, -0.2) is 24.0 Å². The molecule has 1 N–H and O–H groups in total. The van der Waals surface area contributed by atoms with Gasteiger partial charge in [-0.15, -0.1) is 12.3 Å². The number of hydrogen-bond acceptors (Lipinski definition) is 3. The van der Waals surface area contributed by atoms with Crippen LogP contribution in [0.5, 0.6) is 5.88 Å². The van der Waals surface area contributed by atoms with Crippen molar-refractivity contribution >= 4 is 5.91 Å². The lowest BCUT2D eigenvalue weighted by molar-refractivity contribution is 0.0933. The maximum atomic E-state index is 12.0. The van der Waals surface area contributed by atoms with Gasteiger partial charge in [-0.2, -0.15) is 0 Å². The van der Waals surface area contributed by atoms with E-state index in [1.165, 1.54) is 7.11 Å². The van der Waals surface area contributed by atoms with Crippen molar-refractivity contribution in [1.82, 2.24) is 10.3 Å². The average molecular weight is 232 g/mol. The smallest absolute Gasteiger partial charge is 0.257 e. The van der Waals surface area contributed by atoms with Gasteiger partial charge in [0.1, 0.15) is 5.56 Å². The summed E-state index contributed by atoms with van der Waals surface area (Å²) in [5.74, 6) is 2.65. The van der Waals surface area contributed by atoms with Crippen LogP contribution in [-0.2, 0) is 0 Å². The standard InChI is InChI=1S/C13H16N2O2/c1-4-7-10(5-2)15-12(16)11-8-6-9-14-13(11)17-3/h1,6,8-10H,5,7H2,2-3H3,(H,15,16). The number of carbonyl (C=O) groups is 1. The highest BCUT2D eigenvalue weighted by atomic mass is 16.5. The Bertz CT molecular complexity index is 424. The van der Waals surface area contributed by atoms with E-state index in [0.29, 0.717) is 17.9 Å². The fourth-order valence-electron chi connectivity index (χ4n) is 1.43. The molecule has 1 unspecified atom stereocenters. The average Bonchev–Trinajstić information content (AvgIpc) is 2.38. The number of nitrogens with one attached hydrogen (secondary N) is 1. The summed E-state index contributed by atoms with van der Waals surface area (Å²) in [6, 6.07) is 3.35. The quantitative estimate of drug-likeness (QED) is 0.785. The topological polar surface area (TPSA) is 51.2 Å². The highest BCUT2D eigenvalue weighted by Gasteiger charge is 2.15. The van der Waals surface area contributed by atoms with E-state index in [1.807, 2.05) is 6.92 Å². The molecular weight excluding hydrogens is 216 g/mol. The van der Waals surface area contributed by atoms with Crippen LogP contribution in [0.25, 0.3) is 0 Å². The number of ether oxygens (including phenoxy) is 1. The first-order valence-electron chi connectivity index (χ1n) is 5.46. The third kappa shape index (κ3) is 3.49. The molecule has 1 aromatic rings. The largest absolute Gasteiger partial charge is 0.480 e. The molecule has 0 radical (unpaired) electrons. The van der Waals surface area contributed by atoms with Crippen LogP contribution in [0.1, 0.15) is 30.1 Å². The van der Waals surface area contributed by atoms with Gasteiger partial charge < -0.3 is 10.1 Å².